The van der Waals surface area contributed by atoms with Gasteiger partial charge in [0, 0.05) is 18.5 Å². The van der Waals surface area contributed by atoms with Crippen molar-refractivity contribution in [1.29, 1.82) is 0 Å². The van der Waals surface area contributed by atoms with E-state index in [4.69, 9.17) is 0 Å². The van der Waals surface area contributed by atoms with Crippen molar-refractivity contribution >= 4 is 45.5 Å². The molecule has 0 amide bonds. The summed E-state index contributed by atoms with van der Waals surface area (Å²) in [7, 11) is 0. The first-order valence-corrected chi connectivity index (χ1v) is 12.4. The van der Waals surface area contributed by atoms with Gasteiger partial charge in [-0.1, -0.05) is 91.0 Å². The van der Waals surface area contributed by atoms with E-state index < -0.39 is 11.3 Å². The van der Waals surface area contributed by atoms with Crippen molar-refractivity contribution in [2.75, 3.05) is 10.0 Å². The number of anilines is 2. The monoisotopic (exact) mass is 490 g/mol. The Morgan fingerprint density at radius 2 is 1.32 bits per heavy atom. The molecule has 1 aromatic heterocycles. The van der Waals surface area contributed by atoms with Crippen LogP contribution in [0.15, 0.2) is 91.0 Å². The number of hydrogen-bond donors (Lipinski definition) is 3. The smallest absolute Gasteiger partial charge is 0.259 e. The van der Waals surface area contributed by atoms with Crippen LogP contribution in [0.1, 0.15) is 36.0 Å². The van der Waals surface area contributed by atoms with E-state index in [9.17, 15) is 18.4 Å². The van der Waals surface area contributed by atoms with Crippen LogP contribution in [0.5, 0.6) is 0 Å². The molecule has 0 aliphatic carbocycles. The average molecular weight is 491 g/mol. The number of carbonyl (C=O) groups excluding carboxylic acids is 2. The molecule has 0 radical (unpaired) electrons. The number of carbonyl (C=O) groups is 2. The summed E-state index contributed by atoms with van der Waals surface area (Å²) in [5, 5.41) is 3.22. The quantitative estimate of drug-likeness (QED) is 0.200. The number of rotatable bonds is 10. The van der Waals surface area contributed by atoms with Gasteiger partial charge in [-0.3, -0.25) is 18.9 Å². The first-order valence-electron chi connectivity index (χ1n) is 10.5. The summed E-state index contributed by atoms with van der Waals surface area (Å²) in [5.74, 6) is -0.522. The van der Waals surface area contributed by atoms with E-state index in [0.717, 1.165) is 22.5 Å². The summed E-state index contributed by atoms with van der Waals surface area (Å²) in [4.78, 5) is 27.2. The minimum absolute atomic E-state index is 0.102. The van der Waals surface area contributed by atoms with E-state index in [0.29, 0.717) is 22.7 Å². The predicted molar refractivity (Wildman–Crippen MR) is 137 cm³/mol. The van der Waals surface area contributed by atoms with Crippen molar-refractivity contribution in [3.8, 4) is 0 Å². The first-order chi connectivity index (χ1) is 16.5. The fourth-order valence-corrected chi connectivity index (χ4v) is 5.08. The number of thiophene rings is 1. The number of nitrogens with one attached hydrogen (secondary N) is 2. The highest BCUT2D eigenvalue weighted by Crippen LogP contribution is 2.41. The maximum Gasteiger partial charge on any atom is 0.259 e. The molecule has 4 aromatic rings. The molecule has 0 aliphatic rings. The Morgan fingerprint density at radius 3 is 1.91 bits per heavy atom. The Labute approximate surface area is 204 Å². The molecular formula is C26H22N2O4S2. The number of Topliss-reactive ketones (excluding diaryl/α,β-unsaturated/α-hetero) is 1. The van der Waals surface area contributed by atoms with Gasteiger partial charge in [-0.25, -0.2) is 4.21 Å². The van der Waals surface area contributed by atoms with E-state index >= 15 is 0 Å². The average Bonchev–Trinajstić information content (AvgIpc) is 3.21. The maximum absolute atomic E-state index is 13.4. The van der Waals surface area contributed by atoms with Gasteiger partial charge in [0.05, 0.1) is 16.3 Å². The van der Waals surface area contributed by atoms with Gasteiger partial charge in [-0.15, -0.1) is 11.3 Å². The third-order valence-corrected chi connectivity index (χ3v) is 6.72. The number of ketones is 2. The van der Waals surface area contributed by atoms with E-state index in [1.165, 1.54) is 0 Å². The predicted octanol–water partition coefficient (Wildman–Crippen LogP) is 5.57. The third-order valence-electron chi connectivity index (χ3n) is 5.11. The highest BCUT2D eigenvalue weighted by atomic mass is 32.2. The maximum atomic E-state index is 13.4. The van der Waals surface area contributed by atoms with Gasteiger partial charge in [-0.05, 0) is 11.1 Å². The van der Waals surface area contributed by atoms with Crippen LogP contribution in [0.3, 0.4) is 0 Å². The molecule has 1 heterocycles. The minimum atomic E-state index is -2.44. The van der Waals surface area contributed by atoms with Gasteiger partial charge in [0.1, 0.15) is 4.88 Å². The van der Waals surface area contributed by atoms with E-state index in [1.807, 2.05) is 66.7 Å². The van der Waals surface area contributed by atoms with Gasteiger partial charge in [-0.2, -0.15) is 0 Å². The molecule has 3 aromatic carbocycles. The van der Waals surface area contributed by atoms with Crippen molar-refractivity contribution in [3.05, 3.63) is 117 Å². The number of hydrogen-bond acceptors (Lipinski definition) is 5. The van der Waals surface area contributed by atoms with E-state index in [1.54, 1.807) is 24.3 Å². The SMILES string of the molecule is O=C(Cc1ccccc1)c1sc(C(=O)c2ccccc2)c(NCc2ccccc2)c1NS(=O)O. The van der Waals surface area contributed by atoms with Crippen molar-refractivity contribution in [3.63, 3.8) is 0 Å². The standard InChI is InChI=1S/C26H22N2O4S2/c29-21(16-18-10-4-1-5-11-18)25-23(28-34(31)32)22(27-17-19-12-6-2-7-13-19)26(33-25)24(30)20-14-8-3-9-15-20/h1-15,27-28H,16-17H2,(H,31,32). The van der Waals surface area contributed by atoms with Crippen LogP contribution in [0.25, 0.3) is 0 Å². The lowest BCUT2D eigenvalue weighted by atomic mass is 10.1. The van der Waals surface area contributed by atoms with E-state index in [2.05, 4.69) is 10.0 Å². The molecule has 0 saturated carbocycles. The van der Waals surface area contributed by atoms with Crippen LogP contribution < -0.4 is 10.0 Å². The molecule has 1 atom stereocenters. The molecule has 4 rings (SSSR count). The summed E-state index contributed by atoms with van der Waals surface area (Å²) < 4.78 is 23.9. The molecular weight excluding hydrogens is 468 g/mol. The largest absolute Gasteiger partial charge is 0.378 e. The summed E-state index contributed by atoms with van der Waals surface area (Å²) in [6.07, 6.45) is 0.102. The van der Waals surface area contributed by atoms with Crippen LogP contribution in [0, 0.1) is 0 Å². The molecule has 8 heteroatoms. The lowest BCUT2D eigenvalue weighted by molar-refractivity contribution is 0.0996. The molecule has 172 valence electrons. The van der Waals surface area contributed by atoms with Gasteiger partial charge < -0.3 is 5.32 Å². The van der Waals surface area contributed by atoms with Crippen LogP contribution in [0.4, 0.5) is 11.4 Å². The normalized spacial score (nSPS) is 11.6. The van der Waals surface area contributed by atoms with Gasteiger partial charge >= 0.3 is 0 Å². The van der Waals surface area contributed by atoms with Crippen molar-refractivity contribution in [2.45, 2.75) is 13.0 Å². The first kappa shape index (κ1) is 23.6. The fraction of sp³-hybridized carbons (Fsp3) is 0.0769. The second-order valence-electron chi connectivity index (χ2n) is 7.48. The lowest BCUT2D eigenvalue weighted by Crippen LogP contribution is -2.11. The van der Waals surface area contributed by atoms with Crippen LogP contribution >= 0.6 is 11.3 Å². The molecule has 6 nitrogen and oxygen atoms in total. The van der Waals surface area contributed by atoms with Gasteiger partial charge in [0.15, 0.2) is 5.78 Å². The van der Waals surface area contributed by atoms with Crippen LogP contribution in [-0.2, 0) is 24.2 Å². The van der Waals surface area contributed by atoms with Crippen molar-refractivity contribution in [1.82, 2.24) is 0 Å². The Hall–Kier alpha value is -3.59. The summed E-state index contributed by atoms with van der Waals surface area (Å²) in [5.41, 5.74) is 2.72. The molecule has 0 saturated heterocycles. The minimum Gasteiger partial charge on any atom is -0.378 e. The second kappa shape index (κ2) is 11.0. The summed E-state index contributed by atoms with van der Waals surface area (Å²) in [6, 6.07) is 27.5. The molecule has 1 unspecified atom stereocenters. The van der Waals surface area contributed by atoms with Gasteiger partial charge in [0.2, 0.25) is 5.78 Å². The van der Waals surface area contributed by atoms with Gasteiger partial charge in [0.25, 0.3) is 11.3 Å². The molecule has 3 N–H and O–H groups in total. The molecule has 0 bridgehead atoms. The fourth-order valence-electron chi connectivity index (χ4n) is 3.51. The molecule has 34 heavy (non-hydrogen) atoms. The van der Waals surface area contributed by atoms with Crippen molar-refractivity contribution < 1.29 is 18.4 Å². The topological polar surface area (TPSA) is 95.5 Å². The Balaban J connectivity index is 1.78. The highest BCUT2D eigenvalue weighted by Gasteiger charge is 2.28. The Morgan fingerprint density at radius 1 is 0.765 bits per heavy atom. The Kier molecular flexibility index (Phi) is 7.64. The molecule has 0 aliphatic heterocycles. The van der Waals surface area contributed by atoms with E-state index in [-0.39, 0.29) is 28.6 Å². The third kappa shape index (κ3) is 5.66. The Bertz CT molecular complexity index is 1310. The second-order valence-corrected chi connectivity index (χ2v) is 9.20. The molecule has 0 fully saturated rings. The molecule has 0 spiro atoms. The number of benzene rings is 3. The van der Waals surface area contributed by atoms with Crippen LogP contribution in [-0.4, -0.2) is 20.3 Å². The highest BCUT2D eigenvalue weighted by molar-refractivity contribution is 7.80. The zero-order valence-corrected chi connectivity index (χ0v) is 19.7. The summed E-state index contributed by atoms with van der Waals surface area (Å²) in [6.45, 7) is 0.367. The zero-order valence-electron chi connectivity index (χ0n) is 18.1. The van der Waals surface area contributed by atoms with Crippen LogP contribution in [0.2, 0.25) is 0 Å². The lowest BCUT2D eigenvalue weighted by Gasteiger charge is -2.12. The summed E-state index contributed by atoms with van der Waals surface area (Å²) >= 11 is -1.42. The zero-order chi connectivity index (χ0) is 23.9. The van der Waals surface area contributed by atoms with Crippen molar-refractivity contribution in [2.24, 2.45) is 0 Å².